The van der Waals surface area contributed by atoms with E-state index in [-0.39, 0.29) is 12.1 Å². The van der Waals surface area contributed by atoms with Crippen LogP contribution in [0, 0.1) is 11.6 Å². The van der Waals surface area contributed by atoms with Gasteiger partial charge in [0.05, 0.1) is 6.04 Å². The lowest BCUT2D eigenvalue weighted by molar-refractivity contribution is 0.183. The second-order valence-corrected chi connectivity index (χ2v) is 4.70. The lowest BCUT2D eigenvalue weighted by Crippen LogP contribution is -2.40. The molecule has 1 aromatic rings. The van der Waals surface area contributed by atoms with Crippen LogP contribution in [-0.4, -0.2) is 23.3 Å². The summed E-state index contributed by atoms with van der Waals surface area (Å²) in [6, 6.07) is 2.36. The molecule has 2 amide bonds. The molecule has 1 N–H and O–H groups in total. The molecule has 1 unspecified atom stereocenters. The molecule has 0 spiro atoms. The minimum Gasteiger partial charge on any atom is -0.334 e. The van der Waals surface area contributed by atoms with Crippen LogP contribution in [0.2, 0.25) is 0 Å². The topological polar surface area (TPSA) is 44.7 Å². The number of urea groups is 1. The predicted octanol–water partition coefficient (Wildman–Crippen LogP) is 2.82. The van der Waals surface area contributed by atoms with Gasteiger partial charge >= 0.3 is 6.03 Å². The normalized spacial score (nSPS) is 18.2. The molecule has 6 heteroatoms. The van der Waals surface area contributed by atoms with Crippen LogP contribution in [0.25, 0.3) is 0 Å². The van der Waals surface area contributed by atoms with E-state index < -0.39 is 17.7 Å². The van der Waals surface area contributed by atoms with E-state index in [1.165, 1.54) is 17.1 Å². The highest BCUT2D eigenvalue weighted by molar-refractivity contribution is 5.78. The van der Waals surface area contributed by atoms with Crippen molar-refractivity contribution in [3.63, 3.8) is 0 Å². The molecule has 0 aliphatic carbocycles. The molecule has 1 heterocycles. The number of hydrazone groups is 1. The van der Waals surface area contributed by atoms with Gasteiger partial charge in [-0.25, -0.2) is 18.6 Å². The van der Waals surface area contributed by atoms with Crippen molar-refractivity contribution in [2.45, 2.75) is 32.4 Å². The first kappa shape index (κ1) is 13.5. The molecule has 1 aliphatic rings. The number of hydrogen-bond donors (Lipinski definition) is 1. The molecule has 0 saturated carbocycles. The van der Waals surface area contributed by atoms with E-state index in [4.69, 9.17) is 0 Å². The van der Waals surface area contributed by atoms with E-state index >= 15 is 0 Å². The largest absolute Gasteiger partial charge is 0.338 e. The van der Waals surface area contributed by atoms with E-state index in [0.29, 0.717) is 12.0 Å². The third-order valence-electron chi connectivity index (χ3n) is 2.72. The van der Waals surface area contributed by atoms with Crippen molar-refractivity contribution in [2.24, 2.45) is 5.10 Å². The Hall–Kier alpha value is -1.98. The van der Waals surface area contributed by atoms with Gasteiger partial charge in [-0.1, -0.05) is 0 Å². The number of benzene rings is 1. The summed E-state index contributed by atoms with van der Waals surface area (Å²) in [5.41, 5.74) is 0.397. The zero-order chi connectivity index (χ0) is 14.0. The van der Waals surface area contributed by atoms with Gasteiger partial charge in [0.1, 0.15) is 11.6 Å². The number of nitrogens with one attached hydrogen (secondary N) is 1. The van der Waals surface area contributed by atoms with Crippen molar-refractivity contribution in [2.75, 3.05) is 0 Å². The molecule has 19 heavy (non-hydrogen) atoms. The molecular weight excluding hydrogens is 252 g/mol. The van der Waals surface area contributed by atoms with Gasteiger partial charge in [-0.15, -0.1) is 0 Å². The van der Waals surface area contributed by atoms with Crippen LogP contribution in [-0.2, 0) is 0 Å². The van der Waals surface area contributed by atoms with Crippen LogP contribution in [0.5, 0.6) is 0 Å². The fourth-order valence-corrected chi connectivity index (χ4v) is 1.97. The van der Waals surface area contributed by atoms with Crippen molar-refractivity contribution < 1.29 is 13.6 Å². The van der Waals surface area contributed by atoms with Gasteiger partial charge in [0.25, 0.3) is 0 Å². The van der Waals surface area contributed by atoms with Crippen molar-refractivity contribution in [1.82, 2.24) is 10.3 Å². The first-order valence-corrected chi connectivity index (χ1v) is 6.05. The van der Waals surface area contributed by atoms with Crippen LogP contribution in [0.4, 0.5) is 13.6 Å². The molecule has 0 bridgehead atoms. The summed E-state index contributed by atoms with van der Waals surface area (Å²) in [4.78, 5) is 11.9. The highest BCUT2D eigenvalue weighted by Crippen LogP contribution is 2.29. The smallest absolute Gasteiger partial charge is 0.334 e. The molecule has 1 atom stereocenters. The molecule has 2 rings (SSSR count). The van der Waals surface area contributed by atoms with Crippen molar-refractivity contribution in [3.05, 3.63) is 35.4 Å². The number of carbonyl (C=O) groups excluding carboxylic acids is 1. The van der Waals surface area contributed by atoms with Gasteiger partial charge in [0.15, 0.2) is 0 Å². The van der Waals surface area contributed by atoms with Crippen LogP contribution in [0.3, 0.4) is 0 Å². The summed E-state index contributed by atoms with van der Waals surface area (Å²) in [6.45, 7) is 3.66. The Morgan fingerprint density at radius 1 is 1.37 bits per heavy atom. The molecule has 0 aromatic heterocycles. The number of amides is 2. The maximum atomic E-state index is 13.2. The summed E-state index contributed by atoms with van der Waals surface area (Å²) in [5.74, 6) is -1.32. The number of halogens is 2. The number of carbonyl (C=O) groups is 1. The Bertz CT molecular complexity index is 496. The highest BCUT2D eigenvalue weighted by atomic mass is 19.1. The van der Waals surface area contributed by atoms with E-state index in [2.05, 4.69) is 10.4 Å². The second-order valence-electron chi connectivity index (χ2n) is 4.70. The molecule has 1 aromatic carbocycles. The van der Waals surface area contributed by atoms with Crippen LogP contribution >= 0.6 is 0 Å². The first-order chi connectivity index (χ1) is 8.97. The van der Waals surface area contributed by atoms with E-state index in [0.717, 1.165) is 6.07 Å². The van der Waals surface area contributed by atoms with Crippen LogP contribution in [0.15, 0.2) is 23.3 Å². The Morgan fingerprint density at radius 2 is 2.00 bits per heavy atom. The van der Waals surface area contributed by atoms with Gasteiger partial charge in [-0.05, 0) is 31.5 Å². The monoisotopic (exact) mass is 267 g/mol. The van der Waals surface area contributed by atoms with Gasteiger partial charge in [-0.2, -0.15) is 5.10 Å². The second kappa shape index (κ2) is 5.34. The highest BCUT2D eigenvalue weighted by Gasteiger charge is 2.29. The molecule has 0 fully saturated rings. The molecule has 1 aliphatic heterocycles. The zero-order valence-corrected chi connectivity index (χ0v) is 10.7. The van der Waals surface area contributed by atoms with Gasteiger partial charge in [0.2, 0.25) is 0 Å². The van der Waals surface area contributed by atoms with Crippen LogP contribution < -0.4 is 5.32 Å². The quantitative estimate of drug-likeness (QED) is 0.879. The summed E-state index contributed by atoms with van der Waals surface area (Å²) < 4.78 is 26.4. The Kier molecular flexibility index (Phi) is 3.78. The van der Waals surface area contributed by atoms with Gasteiger partial charge in [0, 0.05) is 24.7 Å². The van der Waals surface area contributed by atoms with E-state index in [1.54, 1.807) is 6.21 Å². The lowest BCUT2D eigenvalue weighted by Gasteiger charge is -2.23. The number of hydrogen-bond acceptors (Lipinski definition) is 2. The lowest BCUT2D eigenvalue weighted by atomic mass is 10.0. The Labute approximate surface area is 110 Å². The summed E-state index contributed by atoms with van der Waals surface area (Å²) >= 11 is 0. The fraction of sp³-hybridized carbons (Fsp3) is 0.385. The van der Waals surface area contributed by atoms with Crippen molar-refractivity contribution >= 4 is 12.2 Å². The third kappa shape index (κ3) is 3.07. The first-order valence-electron chi connectivity index (χ1n) is 6.05. The number of nitrogens with zero attached hydrogens (tertiary/aromatic N) is 2. The standard InChI is InChI=1S/C13H15F2N3O/c1-8(2)17-13(19)18-12(3-4-16-18)9-5-10(14)7-11(15)6-9/h4-8,12H,3H2,1-2H3,(H,17,19). The molecular formula is C13H15F2N3O. The zero-order valence-electron chi connectivity index (χ0n) is 10.7. The molecule has 102 valence electrons. The average molecular weight is 267 g/mol. The maximum absolute atomic E-state index is 13.2. The van der Waals surface area contributed by atoms with E-state index in [1.807, 2.05) is 13.8 Å². The SMILES string of the molecule is CC(C)NC(=O)N1N=CCC1c1cc(F)cc(F)c1. The fourth-order valence-electron chi connectivity index (χ4n) is 1.97. The summed E-state index contributed by atoms with van der Waals surface area (Å²) in [7, 11) is 0. The van der Waals surface area contributed by atoms with Gasteiger partial charge in [-0.3, -0.25) is 0 Å². The van der Waals surface area contributed by atoms with E-state index in [9.17, 15) is 13.6 Å². The van der Waals surface area contributed by atoms with Crippen molar-refractivity contribution in [3.8, 4) is 0 Å². The summed E-state index contributed by atoms with van der Waals surface area (Å²) in [5, 5.41) is 7.87. The predicted molar refractivity (Wildman–Crippen MR) is 67.7 cm³/mol. The minimum atomic E-state index is -0.661. The van der Waals surface area contributed by atoms with Crippen LogP contribution in [0.1, 0.15) is 31.9 Å². The third-order valence-corrected chi connectivity index (χ3v) is 2.72. The number of rotatable bonds is 2. The molecule has 4 nitrogen and oxygen atoms in total. The van der Waals surface area contributed by atoms with Crippen molar-refractivity contribution in [1.29, 1.82) is 0 Å². The average Bonchev–Trinajstić information content (AvgIpc) is 2.75. The Morgan fingerprint density at radius 3 is 2.58 bits per heavy atom. The van der Waals surface area contributed by atoms with Gasteiger partial charge < -0.3 is 5.32 Å². The molecule has 0 radical (unpaired) electrons. The maximum Gasteiger partial charge on any atom is 0.338 e. The Balaban J connectivity index is 2.22. The molecule has 0 saturated heterocycles. The minimum absolute atomic E-state index is 0.0341. The summed E-state index contributed by atoms with van der Waals surface area (Å²) in [6.07, 6.45) is 2.00.